The van der Waals surface area contributed by atoms with E-state index in [-0.39, 0.29) is 11.8 Å². The number of hydrogen-bond acceptors (Lipinski definition) is 3. The highest BCUT2D eigenvalue weighted by Crippen LogP contribution is 2.35. The first-order valence-electron chi connectivity index (χ1n) is 10.6. The molecule has 0 aliphatic carbocycles. The number of nitrogens with zero attached hydrogens (tertiary/aromatic N) is 2. The van der Waals surface area contributed by atoms with Crippen molar-refractivity contribution in [2.24, 2.45) is 11.8 Å². The van der Waals surface area contributed by atoms with Crippen LogP contribution in [0, 0.1) is 11.8 Å². The van der Waals surface area contributed by atoms with Crippen molar-refractivity contribution in [2.45, 2.75) is 26.7 Å². The van der Waals surface area contributed by atoms with Crippen LogP contribution >= 0.6 is 11.6 Å². The molecule has 2 aromatic carbocycles. The topological polar surface area (TPSA) is 40.6 Å². The molecule has 0 N–H and O–H groups in total. The van der Waals surface area contributed by atoms with E-state index in [1.807, 2.05) is 42.5 Å². The first-order valence-corrected chi connectivity index (χ1v) is 11.0. The number of carbonyl (C=O) groups excluding carboxylic acids is 2. The van der Waals surface area contributed by atoms with Crippen LogP contribution in [0.3, 0.4) is 0 Å². The van der Waals surface area contributed by atoms with Crippen LogP contribution in [0.5, 0.6) is 0 Å². The molecule has 0 saturated carbocycles. The standard InChI is InChI=1S/C25H27ClN2O2/c1-17-14-18(2)16-27(15-17)23-22(20-8-10-21(26)11-9-20)24(29)28(25(23)30)13-12-19-6-4-3-5-7-19/h3-11,17-18H,12-16H2,1-2H3. The first kappa shape index (κ1) is 20.7. The van der Waals surface area contributed by atoms with Crippen LogP contribution < -0.4 is 0 Å². The molecule has 0 spiro atoms. The van der Waals surface area contributed by atoms with Crippen LogP contribution in [0.4, 0.5) is 0 Å². The zero-order chi connectivity index (χ0) is 21.3. The maximum absolute atomic E-state index is 13.5. The molecule has 4 nitrogen and oxygen atoms in total. The number of hydrogen-bond donors (Lipinski definition) is 0. The van der Waals surface area contributed by atoms with Gasteiger partial charge in [-0.15, -0.1) is 0 Å². The Bertz CT molecular complexity index is 958. The van der Waals surface area contributed by atoms with Crippen molar-refractivity contribution in [2.75, 3.05) is 19.6 Å². The Morgan fingerprint density at radius 2 is 1.53 bits per heavy atom. The van der Waals surface area contributed by atoms with Crippen molar-refractivity contribution in [1.82, 2.24) is 9.80 Å². The summed E-state index contributed by atoms with van der Waals surface area (Å²) in [6, 6.07) is 17.2. The predicted molar refractivity (Wildman–Crippen MR) is 120 cm³/mol. The Balaban J connectivity index is 1.68. The van der Waals surface area contributed by atoms with Crippen molar-refractivity contribution in [3.05, 3.63) is 76.4 Å². The summed E-state index contributed by atoms with van der Waals surface area (Å²) in [6.07, 6.45) is 1.78. The molecule has 156 valence electrons. The van der Waals surface area contributed by atoms with Crippen molar-refractivity contribution in [1.29, 1.82) is 0 Å². The molecular formula is C25H27ClN2O2. The Morgan fingerprint density at radius 1 is 0.900 bits per heavy atom. The average molecular weight is 423 g/mol. The monoisotopic (exact) mass is 422 g/mol. The van der Waals surface area contributed by atoms with Crippen molar-refractivity contribution in [3.63, 3.8) is 0 Å². The van der Waals surface area contributed by atoms with Crippen molar-refractivity contribution >= 4 is 29.0 Å². The minimum atomic E-state index is -0.209. The lowest BCUT2D eigenvalue weighted by Crippen LogP contribution is -2.42. The molecule has 0 bridgehead atoms. The number of likely N-dealkylation sites (tertiary alicyclic amines) is 1. The van der Waals surface area contributed by atoms with Crippen LogP contribution in [-0.4, -0.2) is 41.2 Å². The second-order valence-corrected chi connectivity index (χ2v) is 9.02. The number of piperidine rings is 1. The third kappa shape index (κ3) is 4.15. The summed E-state index contributed by atoms with van der Waals surface area (Å²) in [5.74, 6) is 0.573. The summed E-state index contributed by atoms with van der Waals surface area (Å²) < 4.78 is 0. The lowest BCUT2D eigenvalue weighted by molar-refractivity contribution is -0.137. The molecule has 1 fully saturated rings. The SMILES string of the molecule is CC1CC(C)CN(C2=C(c3ccc(Cl)cc3)C(=O)N(CCc3ccccc3)C2=O)C1. The van der Waals surface area contributed by atoms with Crippen LogP contribution in [0.15, 0.2) is 60.3 Å². The van der Waals surface area contributed by atoms with Gasteiger partial charge in [0.05, 0.1) is 5.57 Å². The van der Waals surface area contributed by atoms with Crippen LogP contribution in [-0.2, 0) is 16.0 Å². The molecule has 30 heavy (non-hydrogen) atoms. The number of amides is 2. The largest absolute Gasteiger partial charge is 0.366 e. The van der Waals surface area contributed by atoms with E-state index in [1.54, 1.807) is 12.1 Å². The van der Waals surface area contributed by atoms with Gasteiger partial charge in [-0.2, -0.15) is 0 Å². The Labute approximate surface area is 183 Å². The van der Waals surface area contributed by atoms with E-state index in [0.29, 0.717) is 41.1 Å². The first-order chi connectivity index (χ1) is 14.4. The van der Waals surface area contributed by atoms with E-state index in [9.17, 15) is 9.59 Å². The third-order valence-corrected chi connectivity index (χ3v) is 6.18. The number of carbonyl (C=O) groups is 2. The summed E-state index contributed by atoms with van der Waals surface area (Å²) >= 11 is 6.06. The van der Waals surface area contributed by atoms with Gasteiger partial charge in [0, 0.05) is 24.7 Å². The highest BCUT2D eigenvalue weighted by molar-refractivity contribution is 6.36. The number of imide groups is 1. The van der Waals surface area contributed by atoms with Gasteiger partial charge >= 0.3 is 0 Å². The summed E-state index contributed by atoms with van der Waals surface area (Å²) in [7, 11) is 0. The molecule has 2 aromatic rings. The summed E-state index contributed by atoms with van der Waals surface area (Å²) in [4.78, 5) is 30.4. The molecule has 0 radical (unpaired) electrons. The minimum Gasteiger partial charge on any atom is -0.366 e. The molecule has 2 heterocycles. The van der Waals surface area contributed by atoms with Crippen molar-refractivity contribution < 1.29 is 9.59 Å². The lowest BCUT2D eigenvalue weighted by atomic mass is 9.91. The van der Waals surface area contributed by atoms with Gasteiger partial charge in [0.15, 0.2) is 0 Å². The van der Waals surface area contributed by atoms with Crippen LogP contribution in [0.25, 0.3) is 5.57 Å². The fraction of sp³-hybridized carbons (Fsp3) is 0.360. The fourth-order valence-corrected chi connectivity index (χ4v) is 4.79. The van der Waals surface area contributed by atoms with Crippen molar-refractivity contribution in [3.8, 4) is 0 Å². The van der Waals surface area contributed by atoms with E-state index >= 15 is 0 Å². The predicted octanol–water partition coefficient (Wildman–Crippen LogP) is 4.64. The van der Waals surface area contributed by atoms with Gasteiger partial charge in [0.1, 0.15) is 5.70 Å². The van der Waals surface area contributed by atoms with Crippen LogP contribution in [0.1, 0.15) is 31.4 Å². The van der Waals surface area contributed by atoms with E-state index in [2.05, 4.69) is 18.7 Å². The highest BCUT2D eigenvalue weighted by atomic mass is 35.5. The van der Waals surface area contributed by atoms with E-state index in [4.69, 9.17) is 11.6 Å². The van der Waals surface area contributed by atoms with Gasteiger partial charge < -0.3 is 4.90 Å². The number of benzene rings is 2. The van der Waals surface area contributed by atoms with Gasteiger partial charge in [0.25, 0.3) is 11.8 Å². The van der Waals surface area contributed by atoms with E-state index < -0.39 is 0 Å². The molecule has 2 unspecified atom stereocenters. The third-order valence-electron chi connectivity index (χ3n) is 5.93. The zero-order valence-electron chi connectivity index (χ0n) is 17.5. The Hall–Kier alpha value is -2.59. The molecule has 5 heteroatoms. The Kier molecular flexibility index (Phi) is 5.96. The van der Waals surface area contributed by atoms with Gasteiger partial charge in [0.2, 0.25) is 0 Å². The second-order valence-electron chi connectivity index (χ2n) is 8.58. The van der Waals surface area contributed by atoms with Crippen LogP contribution in [0.2, 0.25) is 5.02 Å². The van der Waals surface area contributed by atoms with Gasteiger partial charge in [-0.3, -0.25) is 14.5 Å². The Morgan fingerprint density at radius 3 is 2.17 bits per heavy atom. The quantitative estimate of drug-likeness (QED) is 0.659. The second kappa shape index (κ2) is 8.65. The van der Waals surface area contributed by atoms with Gasteiger partial charge in [-0.25, -0.2) is 0 Å². The van der Waals surface area contributed by atoms with Gasteiger partial charge in [-0.05, 0) is 47.9 Å². The normalized spacial score (nSPS) is 22.2. The fourth-order valence-electron chi connectivity index (χ4n) is 4.67. The number of halogens is 1. The molecular weight excluding hydrogens is 396 g/mol. The van der Waals surface area contributed by atoms with E-state index in [0.717, 1.165) is 30.6 Å². The molecule has 1 saturated heterocycles. The minimum absolute atomic E-state index is 0.179. The summed E-state index contributed by atoms with van der Waals surface area (Å²) in [6.45, 7) is 6.38. The smallest absolute Gasteiger partial charge is 0.277 e. The average Bonchev–Trinajstić information content (AvgIpc) is 2.97. The summed E-state index contributed by atoms with van der Waals surface area (Å²) in [5, 5.41) is 0.610. The highest BCUT2D eigenvalue weighted by Gasteiger charge is 2.42. The zero-order valence-corrected chi connectivity index (χ0v) is 18.2. The molecule has 2 amide bonds. The molecule has 2 atom stereocenters. The van der Waals surface area contributed by atoms with E-state index in [1.165, 1.54) is 4.90 Å². The molecule has 4 rings (SSSR count). The maximum Gasteiger partial charge on any atom is 0.277 e. The molecule has 2 aliphatic heterocycles. The maximum atomic E-state index is 13.5. The molecule has 2 aliphatic rings. The number of rotatable bonds is 5. The molecule has 0 aromatic heterocycles. The summed E-state index contributed by atoms with van der Waals surface area (Å²) in [5.41, 5.74) is 2.92. The van der Waals surface area contributed by atoms with Gasteiger partial charge in [-0.1, -0.05) is 67.9 Å². The lowest BCUT2D eigenvalue weighted by Gasteiger charge is -2.37.